The zero-order chi connectivity index (χ0) is 13.3. The molecule has 0 aromatic rings. The monoisotopic (exact) mass is 241 g/mol. The van der Waals surface area contributed by atoms with E-state index in [1.807, 2.05) is 34.6 Å². The molecule has 17 heavy (non-hydrogen) atoms. The molecular formula is C13H23NO3. The van der Waals surface area contributed by atoms with Gasteiger partial charge in [-0.2, -0.15) is 0 Å². The molecule has 0 fully saturated rings. The summed E-state index contributed by atoms with van der Waals surface area (Å²) in [5, 5.41) is 4.07. The van der Waals surface area contributed by atoms with E-state index < -0.39 is 5.60 Å². The van der Waals surface area contributed by atoms with Gasteiger partial charge in [-0.1, -0.05) is 39.8 Å². The average Bonchev–Trinajstić information content (AvgIpc) is 2.62. The summed E-state index contributed by atoms with van der Waals surface area (Å²) in [6.07, 6.45) is 0.521. The molecule has 0 N–H and O–H groups in total. The third-order valence-corrected chi connectivity index (χ3v) is 3.23. The van der Waals surface area contributed by atoms with Gasteiger partial charge in [-0.05, 0) is 12.8 Å². The molecule has 0 bridgehead atoms. The van der Waals surface area contributed by atoms with Gasteiger partial charge in [-0.3, -0.25) is 0 Å². The number of esters is 1. The summed E-state index contributed by atoms with van der Waals surface area (Å²) in [5.41, 5.74) is -0.393. The minimum Gasteiger partial charge on any atom is -0.463 e. The van der Waals surface area contributed by atoms with Crippen LogP contribution in [0.4, 0.5) is 0 Å². The van der Waals surface area contributed by atoms with Gasteiger partial charge in [0.15, 0.2) is 0 Å². The highest BCUT2D eigenvalue weighted by molar-refractivity contribution is 5.95. The van der Waals surface area contributed by atoms with Gasteiger partial charge in [-0.25, -0.2) is 4.79 Å². The summed E-state index contributed by atoms with van der Waals surface area (Å²) in [4.78, 5) is 17.7. The van der Waals surface area contributed by atoms with Crippen LogP contribution in [0.3, 0.4) is 0 Å². The van der Waals surface area contributed by atoms with Crippen molar-refractivity contribution < 1.29 is 14.4 Å². The highest BCUT2D eigenvalue weighted by atomic mass is 16.7. The van der Waals surface area contributed by atoms with Crippen LogP contribution in [0.2, 0.25) is 0 Å². The quantitative estimate of drug-likeness (QED) is 0.714. The maximum atomic E-state index is 12.2. The number of nitrogens with zero attached hydrogens (tertiary/aromatic N) is 1. The maximum Gasteiger partial charge on any atom is 0.354 e. The molecule has 98 valence electrons. The van der Waals surface area contributed by atoms with Crippen molar-refractivity contribution in [3.05, 3.63) is 0 Å². The fraction of sp³-hybridized carbons (Fsp3) is 0.846. The predicted molar refractivity (Wildman–Crippen MR) is 66.8 cm³/mol. The second-order valence-corrected chi connectivity index (χ2v) is 5.80. The van der Waals surface area contributed by atoms with Crippen molar-refractivity contribution >= 4 is 11.7 Å². The highest BCUT2D eigenvalue weighted by Crippen LogP contribution is 2.42. The van der Waals surface area contributed by atoms with E-state index in [9.17, 15) is 4.79 Å². The lowest BCUT2D eigenvalue weighted by Gasteiger charge is -2.36. The van der Waals surface area contributed by atoms with E-state index in [-0.39, 0.29) is 17.3 Å². The van der Waals surface area contributed by atoms with Crippen LogP contribution in [0.25, 0.3) is 0 Å². The summed E-state index contributed by atoms with van der Waals surface area (Å²) in [5.74, 6) is -0.0273. The maximum absolute atomic E-state index is 12.2. The number of hydrogen-bond acceptors (Lipinski definition) is 4. The first-order chi connectivity index (χ1) is 7.74. The van der Waals surface area contributed by atoms with Crippen LogP contribution in [-0.2, 0) is 14.4 Å². The van der Waals surface area contributed by atoms with Crippen molar-refractivity contribution in [3.8, 4) is 0 Å². The van der Waals surface area contributed by atoms with Crippen molar-refractivity contribution in [2.75, 3.05) is 6.61 Å². The van der Waals surface area contributed by atoms with Crippen LogP contribution in [0, 0.1) is 11.3 Å². The number of carbonyl (C=O) groups is 1. The largest absolute Gasteiger partial charge is 0.463 e. The van der Waals surface area contributed by atoms with Gasteiger partial charge in [0.2, 0.25) is 5.60 Å². The van der Waals surface area contributed by atoms with E-state index in [0.29, 0.717) is 13.0 Å². The number of rotatable bonds is 3. The molecule has 4 heteroatoms. The number of ether oxygens (including phenoxy) is 1. The van der Waals surface area contributed by atoms with Crippen LogP contribution < -0.4 is 0 Å². The second-order valence-electron chi connectivity index (χ2n) is 5.80. The zero-order valence-corrected chi connectivity index (χ0v) is 11.7. The fourth-order valence-electron chi connectivity index (χ4n) is 1.83. The van der Waals surface area contributed by atoms with Crippen molar-refractivity contribution in [1.29, 1.82) is 0 Å². The molecule has 0 aliphatic carbocycles. The van der Waals surface area contributed by atoms with Gasteiger partial charge >= 0.3 is 5.97 Å². The van der Waals surface area contributed by atoms with Gasteiger partial charge in [0.25, 0.3) is 0 Å². The van der Waals surface area contributed by atoms with Crippen LogP contribution in [0.5, 0.6) is 0 Å². The Labute approximate surface area is 103 Å². The molecule has 1 rings (SSSR count). The van der Waals surface area contributed by atoms with Crippen molar-refractivity contribution in [1.82, 2.24) is 0 Å². The first kappa shape index (κ1) is 14.0. The van der Waals surface area contributed by atoms with E-state index in [2.05, 4.69) is 5.16 Å². The minimum atomic E-state index is -0.970. The fourth-order valence-corrected chi connectivity index (χ4v) is 1.83. The van der Waals surface area contributed by atoms with Gasteiger partial charge < -0.3 is 9.57 Å². The van der Waals surface area contributed by atoms with Gasteiger partial charge in [0, 0.05) is 11.8 Å². The average molecular weight is 241 g/mol. The summed E-state index contributed by atoms with van der Waals surface area (Å²) < 4.78 is 5.15. The third kappa shape index (κ3) is 2.45. The smallest absolute Gasteiger partial charge is 0.354 e. The SMILES string of the molecule is CCOC(=O)C1(C(C)(C)C)CC(C(C)C)=NO1. The third-order valence-electron chi connectivity index (χ3n) is 3.23. The van der Waals surface area contributed by atoms with E-state index in [1.54, 1.807) is 6.92 Å². The van der Waals surface area contributed by atoms with E-state index in [4.69, 9.17) is 9.57 Å². The van der Waals surface area contributed by atoms with Crippen LogP contribution in [0.15, 0.2) is 5.16 Å². The van der Waals surface area contributed by atoms with Crippen molar-refractivity contribution in [3.63, 3.8) is 0 Å². The second kappa shape index (κ2) is 4.67. The molecule has 0 aromatic carbocycles. The van der Waals surface area contributed by atoms with Crippen LogP contribution in [-0.4, -0.2) is 23.9 Å². The Morgan fingerprint density at radius 2 is 2.12 bits per heavy atom. The van der Waals surface area contributed by atoms with E-state index in [1.165, 1.54) is 0 Å². The number of carbonyl (C=O) groups excluding carboxylic acids is 1. The first-order valence-electron chi connectivity index (χ1n) is 6.16. The molecular weight excluding hydrogens is 218 g/mol. The molecule has 1 atom stereocenters. The Balaban J connectivity index is 2.98. The normalized spacial score (nSPS) is 24.5. The Morgan fingerprint density at radius 1 is 1.53 bits per heavy atom. The summed E-state index contributed by atoms with van der Waals surface area (Å²) in [7, 11) is 0. The molecule has 1 heterocycles. The number of hydrogen-bond donors (Lipinski definition) is 0. The molecule has 0 saturated carbocycles. The summed E-state index contributed by atoms with van der Waals surface area (Å²) in [6, 6.07) is 0. The Morgan fingerprint density at radius 3 is 2.47 bits per heavy atom. The molecule has 0 saturated heterocycles. The Bertz CT molecular complexity index is 328. The lowest BCUT2D eigenvalue weighted by molar-refractivity contribution is -0.183. The predicted octanol–water partition coefficient (Wildman–Crippen LogP) is 2.77. The molecule has 0 spiro atoms. The zero-order valence-electron chi connectivity index (χ0n) is 11.7. The van der Waals surface area contributed by atoms with Crippen LogP contribution >= 0.6 is 0 Å². The lowest BCUT2D eigenvalue weighted by Crippen LogP contribution is -2.51. The molecule has 1 aliphatic rings. The number of oxime groups is 1. The molecule has 0 aromatic heterocycles. The van der Waals surface area contributed by atoms with E-state index >= 15 is 0 Å². The lowest BCUT2D eigenvalue weighted by atomic mass is 9.73. The first-order valence-corrected chi connectivity index (χ1v) is 6.16. The minimum absolute atomic E-state index is 0.286. The van der Waals surface area contributed by atoms with Crippen molar-refractivity contribution in [2.24, 2.45) is 16.5 Å². The molecule has 4 nitrogen and oxygen atoms in total. The van der Waals surface area contributed by atoms with E-state index in [0.717, 1.165) is 5.71 Å². The summed E-state index contributed by atoms with van der Waals surface area (Å²) >= 11 is 0. The molecule has 1 aliphatic heterocycles. The Kier molecular flexibility index (Phi) is 3.84. The highest BCUT2D eigenvalue weighted by Gasteiger charge is 2.56. The van der Waals surface area contributed by atoms with Gasteiger partial charge in [0.05, 0.1) is 12.3 Å². The molecule has 1 unspecified atom stereocenters. The topological polar surface area (TPSA) is 47.9 Å². The summed E-state index contributed by atoms with van der Waals surface area (Å²) in [6.45, 7) is 12.2. The van der Waals surface area contributed by atoms with Gasteiger partial charge in [0.1, 0.15) is 0 Å². The van der Waals surface area contributed by atoms with Crippen molar-refractivity contribution in [2.45, 2.75) is 53.6 Å². The standard InChI is InChI=1S/C13H23NO3/c1-7-16-11(15)13(12(4,5)6)8-10(9(2)3)14-17-13/h9H,7-8H2,1-6H3. The van der Waals surface area contributed by atoms with Gasteiger partial charge in [-0.15, -0.1) is 0 Å². The van der Waals surface area contributed by atoms with Crippen LogP contribution in [0.1, 0.15) is 48.0 Å². The molecule has 0 amide bonds. The molecule has 0 radical (unpaired) electrons. The Hall–Kier alpha value is -1.06.